The molecule has 1 saturated carbocycles. The summed E-state index contributed by atoms with van der Waals surface area (Å²) in [5.74, 6) is 0.971. The first-order valence-electron chi connectivity index (χ1n) is 15.2. The van der Waals surface area contributed by atoms with Crippen molar-refractivity contribution in [2.24, 2.45) is 16.8 Å². The number of nitrogens with one attached hydrogen (secondary N) is 2. The highest BCUT2D eigenvalue weighted by Crippen LogP contribution is 2.23. The van der Waals surface area contributed by atoms with Gasteiger partial charge in [-0.05, 0) is 54.7 Å². The van der Waals surface area contributed by atoms with Crippen LogP contribution in [0.1, 0.15) is 107 Å². The Bertz CT molecular complexity index is 1030. The van der Waals surface area contributed by atoms with Crippen LogP contribution in [0.4, 0.5) is 11.4 Å². The summed E-state index contributed by atoms with van der Waals surface area (Å²) in [7, 11) is 0. The van der Waals surface area contributed by atoms with Crippen molar-refractivity contribution < 1.29 is 4.79 Å². The molecule has 5 nitrogen and oxygen atoms in total. The summed E-state index contributed by atoms with van der Waals surface area (Å²) in [5.41, 5.74) is 10.1. The number of nitrogens with zero attached hydrogens (tertiary/aromatic N) is 1. The third-order valence-corrected chi connectivity index (χ3v) is 7.89. The van der Waals surface area contributed by atoms with Crippen molar-refractivity contribution in [2.45, 2.75) is 97.4 Å². The first kappa shape index (κ1) is 30.6. The summed E-state index contributed by atoms with van der Waals surface area (Å²) in [4.78, 5) is 17.7. The van der Waals surface area contributed by atoms with Crippen LogP contribution in [0.3, 0.4) is 0 Å². The Morgan fingerprint density at radius 3 is 2.18 bits per heavy atom. The van der Waals surface area contributed by atoms with Gasteiger partial charge in [-0.3, -0.25) is 15.1 Å². The second-order valence-electron chi connectivity index (χ2n) is 11.1. The Morgan fingerprint density at radius 1 is 0.949 bits per heavy atom. The zero-order valence-electron chi connectivity index (χ0n) is 24.3. The van der Waals surface area contributed by atoms with Crippen LogP contribution in [0.2, 0.25) is 0 Å². The van der Waals surface area contributed by atoms with Gasteiger partial charge in [0.1, 0.15) is 0 Å². The number of para-hydroxylation sites is 2. The summed E-state index contributed by atoms with van der Waals surface area (Å²) in [6.45, 7) is 5.84. The third kappa shape index (κ3) is 11.4. The second kappa shape index (κ2) is 17.6. The molecule has 1 amide bonds. The molecule has 0 spiro atoms. The number of nitrogen functional groups attached to an aromatic ring is 1. The van der Waals surface area contributed by atoms with Gasteiger partial charge >= 0.3 is 0 Å². The maximum atomic E-state index is 12.6. The van der Waals surface area contributed by atoms with Crippen LogP contribution in [0.25, 0.3) is 0 Å². The van der Waals surface area contributed by atoms with E-state index in [1.807, 2.05) is 36.4 Å². The van der Waals surface area contributed by atoms with Crippen molar-refractivity contribution in [2.75, 3.05) is 17.7 Å². The average molecular weight is 531 g/mol. The Hall–Kier alpha value is -2.92. The van der Waals surface area contributed by atoms with E-state index in [0.717, 1.165) is 12.0 Å². The van der Waals surface area contributed by atoms with Crippen LogP contribution >= 0.6 is 0 Å². The number of allylic oxidation sites excluding steroid dienone is 2. The summed E-state index contributed by atoms with van der Waals surface area (Å²) in [6.07, 6.45) is 20.6. The van der Waals surface area contributed by atoms with Crippen LogP contribution in [0.15, 0.2) is 65.7 Å². The number of hydrogen-bond donors (Lipinski definition) is 3. The lowest BCUT2D eigenvalue weighted by Crippen LogP contribution is -2.19. The van der Waals surface area contributed by atoms with E-state index in [1.54, 1.807) is 12.1 Å². The number of carbonyl (C=O) groups is 1. The highest BCUT2D eigenvalue weighted by molar-refractivity contribution is 6.05. The predicted octanol–water partition coefficient (Wildman–Crippen LogP) is 8.53. The van der Waals surface area contributed by atoms with Gasteiger partial charge in [-0.25, -0.2) is 0 Å². The zero-order valence-corrected chi connectivity index (χ0v) is 24.3. The maximum absolute atomic E-state index is 12.6. The molecule has 1 atom stereocenters. The van der Waals surface area contributed by atoms with Crippen molar-refractivity contribution >= 4 is 23.0 Å². The summed E-state index contributed by atoms with van der Waals surface area (Å²) in [6, 6.07) is 15.0. The number of hydrogen-bond acceptors (Lipinski definition) is 4. The minimum Gasteiger partial charge on any atom is -0.397 e. The largest absolute Gasteiger partial charge is 0.397 e. The van der Waals surface area contributed by atoms with Gasteiger partial charge < -0.3 is 11.1 Å². The average Bonchev–Trinajstić information content (AvgIpc) is 2.94. The molecule has 1 fully saturated rings. The molecular formula is C34H50N4O. The summed E-state index contributed by atoms with van der Waals surface area (Å²) < 4.78 is 0. The van der Waals surface area contributed by atoms with Crippen molar-refractivity contribution in [1.82, 2.24) is 5.32 Å². The molecule has 212 valence electrons. The van der Waals surface area contributed by atoms with Gasteiger partial charge in [0.2, 0.25) is 0 Å². The highest BCUT2D eigenvalue weighted by atomic mass is 16.1. The van der Waals surface area contributed by atoms with Crippen LogP contribution in [-0.2, 0) is 6.54 Å². The van der Waals surface area contributed by atoms with E-state index < -0.39 is 0 Å². The Morgan fingerprint density at radius 2 is 1.56 bits per heavy atom. The van der Waals surface area contributed by atoms with E-state index in [2.05, 4.69) is 36.6 Å². The van der Waals surface area contributed by atoms with E-state index >= 15 is 0 Å². The van der Waals surface area contributed by atoms with Crippen molar-refractivity contribution in [3.05, 3.63) is 71.8 Å². The molecule has 5 heteroatoms. The van der Waals surface area contributed by atoms with Crippen LogP contribution in [-0.4, -0.2) is 18.3 Å². The van der Waals surface area contributed by atoms with Gasteiger partial charge in [0.05, 0.1) is 18.0 Å². The van der Waals surface area contributed by atoms with Gasteiger partial charge in [-0.15, -0.1) is 0 Å². The number of rotatable bonds is 10. The number of nitrogens with two attached hydrogens (primary N) is 1. The van der Waals surface area contributed by atoms with E-state index in [9.17, 15) is 4.79 Å². The Kier molecular flexibility index (Phi) is 13.8. The van der Waals surface area contributed by atoms with Crippen molar-refractivity contribution in [3.63, 3.8) is 0 Å². The quantitative estimate of drug-likeness (QED) is 0.164. The molecule has 3 rings (SSSR count). The number of benzene rings is 2. The monoisotopic (exact) mass is 530 g/mol. The number of aliphatic imine (C=N–C) groups is 1. The van der Waals surface area contributed by atoms with E-state index in [1.165, 1.54) is 76.3 Å². The van der Waals surface area contributed by atoms with Crippen LogP contribution in [0.5, 0.6) is 0 Å². The molecule has 4 N–H and O–H groups in total. The first-order chi connectivity index (χ1) is 19.1. The molecule has 0 radical (unpaired) electrons. The van der Waals surface area contributed by atoms with Gasteiger partial charge in [0, 0.05) is 23.7 Å². The molecule has 1 aliphatic rings. The highest BCUT2D eigenvalue weighted by Gasteiger charge is 2.15. The van der Waals surface area contributed by atoms with Gasteiger partial charge in [0.25, 0.3) is 5.91 Å². The van der Waals surface area contributed by atoms with E-state index in [-0.39, 0.29) is 5.91 Å². The molecule has 0 saturated heterocycles. The fourth-order valence-corrected chi connectivity index (χ4v) is 5.10. The molecule has 0 aromatic heterocycles. The lowest BCUT2D eigenvalue weighted by Gasteiger charge is -2.19. The molecule has 39 heavy (non-hydrogen) atoms. The van der Waals surface area contributed by atoms with Gasteiger partial charge in [0.15, 0.2) is 0 Å². The van der Waals surface area contributed by atoms with Gasteiger partial charge in [-0.1, -0.05) is 108 Å². The standard InChI is InChI=1S/C34H50N4O/c1-3-27(2)19-24-32(29-15-11-9-7-5-4-6-8-10-12-16-29)37-26-36-25-28-20-22-30(23-21-28)34(39)38-33-18-14-13-17-31(33)35/h13-14,17-24,27,29,36H,3-12,15-16,25-26,35H2,1-2H3,(H,38,39). The van der Waals surface area contributed by atoms with E-state index in [4.69, 9.17) is 10.7 Å². The number of anilines is 2. The van der Waals surface area contributed by atoms with Gasteiger partial charge in [-0.2, -0.15) is 0 Å². The molecule has 2 aromatic carbocycles. The number of amides is 1. The molecular weight excluding hydrogens is 480 g/mol. The predicted molar refractivity (Wildman–Crippen MR) is 167 cm³/mol. The fourth-order valence-electron chi connectivity index (χ4n) is 5.10. The first-order valence-corrected chi connectivity index (χ1v) is 15.2. The Balaban J connectivity index is 1.57. The molecule has 0 bridgehead atoms. The minimum atomic E-state index is -0.160. The fraction of sp³-hybridized carbons (Fsp3) is 0.529. The maximum Gasteiger partial charge on any atom is 0.255 e. The minimum absolute atomic E-state index is 0.160. The molecule has 0 heterocycles. The van der Waals surface area contributed by atoms with E-state index in [0.29, 0.717) is 42.0 Å². The molecule has 2 aromatic rings. The van der Waals surface area contributed by atoms with Crippen molar-refractivity contribution in [3.8, 4) is 0 Å². The summed E-state index contributed by atoms with van der Waals surface area (Å²) >= 11 is 0. The lowest BCUT2D eigenvalue weighted by atomic mass is 9.88. The lowest BCUT2D eigenvalue weighted by molar-refractivity contribution is 0.102. The molecule has 1 unspecified atom stereocenters. The SMILES string of the molecule is CCC(C)C=CC(=NCNCc1ccc(C(=O)Nc2ccccc2N)cc1)C1CCCCCCCCCCC1. The van der Waals surface area contributed by atoms with Crippen LogP contribution in [0, 0.1) is 11.8 Å². The number of carbonyl (C=O) groups excluding carboxylic acids is 1. The molecule has 1 aliphatic carbocycles. The topological polar surface area (TPSA) is 79.5 Å². The smallest absolute Gasteiger partial charge is 0.255 e. The summed E-state index contributed by atoms with van der Waals surface area (Å²) in [5, 5.41) is 6.38. The van der Waals surface area contributed by atoms with Crippen LogP contribution < -0.4 is 16.4 Å². The van der Waals surface area contributed by atoms with Crippen molar-refractivity contribution in [1.29, 1.82) is 0 Å². The molecule has 0 aliphatic heterocycles. The third-order valence-electron chi connectivity index (χ3n) is 7.89. The zero-order chi connectivity index (χ0) is 27.7. The second-order valence-corrected chi connectivity index (χ2v) is 11.1. The normalized spacial score (nSPS) is 17.3. The Labute approximate surface area is 236 Å².